The summed E-state index contributed by atoms with van der Waals surface area (Å²) < 4.78 is 5.39. The minimum atomic E-state index is 0.0647. The number of nitrogens with one attached hydrogen (secondary N) is 1. The summed E-state index contributed by atoms with van der Waals surface area (Å²) in [5.41, 5.74) is 1.68. The van der Waals surface area contributed by atoms with Gasteiger partial charge in [0.15, 0.2) is 5.78 Å². The Hall–Kier alpha value is -1.77. The van der Waals surface area contributed by atoms with Crippen LogP contribution in [0, 0.1) is 0 Å². The molecule has 0 saturated carbocycles. The first-order valence-corrected chi connectivity index (χ1v) is 4.97. The third kappa shape index (κ3) is 1.73. The summed E-state index contributed by atoms with van der Waals surface area (Å²) in [5, 5.41) is 0.924. The molecule has 0 atom stereocenters. The maximum atomic E-state index is 11.3. The zero-order valence-electron chi connectivity index (χ0n) is 8.83. The molecule has 78 valence electrons. The van der Waals surface area contributed by atoms with E-state index in [1.165, 1.54) is 0 Å². The van der Waals surface area contributed by atoms with Crippen molar-refractivity contribution in [1.82, 2.24) is 4.98 Å². The molecular formula is C12H13NO2. The minimum absolute atomic E-state index is 0.0647. The summed E-state index contributed by atoms with van der Waals surface area (Å²) >= 11 is 0. The smallest absolute Gasteiger partial charge is 0.161 e. The van der Waals surface area contributed by atoms with Gasteiger partial charge in [0.2, 0.25) is 0 Å². The lowest BCUT2D eigenvalue weighted by atomic mass is 10.1. The van der Waals surface area contributed by atoms with Crippen LogP contribution in [0.2, 0.25) is 0 Å². The highest BCUT2D eigenvalue weighted by atomic mass is 16.5. The quantitative estimate of drug-likeness (QED) is 0.779. The van der Waals surface area contributed by atoms with E-state index in [1.54, 1.807) is 13.1 Å². The van der Waals surface area contributed by atoms with Crippen LogP contribution in [0.1, 0.15) is 24.2 Å². The third-order valence-electron chi connectivity index (χ3n) is 2.34. The lowest BCUT2D eigenvalue weighted by Crippen LogP contribution is -1.92. The molecule has 1 N–H and O–H groups in total. The number of aromatic nitrogens is 1. The number of Topliss-reactive ketones (excluding diaryl/α,β-unsaturated/α-hetero) is 1. The van der Waals surface area contributed by atoms with Gasteiger partial charge in [-0.15, -0.1) is 0 Å². The summed E-state index contributed by atoms with van der Waals surface area (Å²) in [5.74, 6) is 0.863. The second kappa shape index (κ2) is 3.77. The van der Waals surface area contributed by atoms with Gasteiger partial charge in [0.05, 0.1) is 6.61 Å². The van der Waals surface area contributed by atoms with Crippen LogP contribution in [-0.4, -0.2) is 17.4 Å². The van der Waals surface area contributed by atoms with Crippen LogP contribution < -0.4 is 4.74 Å². The fraction of sp³-hybridized carbons (Fsp3) is 0.250. The maximum Gasteiger partial charge on any atom is 0.161 e. The predicted octanol–water partition coefficient (Wildman–Crippen LogP) is 2.77. The van der Waals surface area contributed by atoms with Gasteiger partial charge in [-0.25, -0.2) is 0 Å². The lowest BCUT2D eigenvalue weighted by molar-refractivity contribution is 0.101. The number of ether oxygens (including phenoxy) is 1. The number of hydrogen-bond acceptors (Lipinski definition) is 2. The number of carbonyl (C=O) groups is 1. The van der Waals surface area contributed by atoms with Gasteiger partial charge in [0.1, 0.15) is 5.75 Å². The normalized spacial score (nSPS) is 10.5. The number of H-pyrrole nitrogens is 1. The van der Waals surface area contributed by atoms with Crippen molar-refractivity contribution in [2.75, 3.05) is 6.61 Å². The molecule has 0 aliphatic heterocycles. The van der Waals surface area contributed by atoms with Crippen molar-refractivity contribution >= 4 is 16.7 Å². The largest absolute Gasteiger partial charge is 0.494 e. The van der Waals surface area contributed by atoms with Crippen LogP contribution in [0.3, 0.4) is 0 Å². The average Bonchev–Trinajstić information content (AvgIpc) is 2.61. The van der Waals surface area contributed by atoms with Crippen LogP contribution in [0.4, 0.5) is 0 Å². The molecule has 1 aromatic carbocycles. The lowest BCUT2D eigenvalue weighted by Gasteiger charge is -2.02. The Morgan fingerprint density at radius 2 is 2.27 bits per heavy atom. The molecule has 15 heavy (non-hydrogen) atoms. The van der Waals surface area contributed by atoms with E-state index in [0.717, 1.165) is 16.7 Å². The molecule has 0 spiro atoms. The van der Waals surface area contributed by atoms with Gasteiger partial charge in [-0.1, -0.05) is 0 Å². The monoisotopic (exact) mass is 203 g/mol. The zero-order valence-corrected chi connectivity index (χ0v) is 8.83. The fourth-order valence-corrected chi connectivity index (χ4v) is 1.65. The molecular weight excluding hydrogens is 190 g/mol. The van der Waals surface area contributed by atoms with E-state index in [2.05, 4.69) is 4.98 Å². The second-order valence-corrected chi connectivity index (χ2v) is 3.40. The van der Waals surface area contributed by atoms with Crippen molar-refractivity contribution < 1.29 is 9.53 Å². The van der Waals surface area contributed by atoms with Gasteiger partial charge >= 0.3 is 0 Å². The summed E-state index contributed by atoms with van der Waals surface area (Å²) in [7, 11) is 0. The van der Waals surface area contributed by atoms with Gasteiger partial charge in [-0.3, -0.25) is 4.79 Å². The Kier molecular flexibility index (Phi) is 2.46. The minimum Gasteiger partial charge on any atom is -0.494 e. The van der Waals surface area contributed by atoms with Crippen LogP contribution in [-0.2, 0) is 0 Å². The highest BCUT2D eigenvalue weighted by Crippen LogP contribution is 2.23. The van der Waals surface area contributed by atoms with E-state index in [9.17, 15) is 4.79 Å². The van der Waals surface area contributed by atoms with Gasteiger partial charge in [0.25, 0.3) is 0 Å². The Morgan fingerprint density at radius 1 is 1.47 bits per heavy atom. The van der Waals surface area contributed by atoms with E-state index in [4.69, 9.17) is 4.74 Å². The van der Waals surface area contributed by atoms with Crippen molar-refractivity contribution in [3.05, 3.63) is 30.0 Å². The van der Waals surface area contributed by atoms with Crippen molar-refractivity contribution in [1.29, 1.82) is 0 Å². The molecule has 0 amide bonds. The zero-order chi connectivity index (χ0) is 10.8. The van der Waals surface area contributed by atoms with Gasteiger partial charge in [-0.05, 0) is 32.0 Å². The van der Waals surface area contributed by atoms with Crippen LogP contribution in [0.15, 0.2) is 24.4 Å². The molecule has 0 aliphatic rings. The van der Waals surface area contributed by atoms with E-state index in [-0.39, 0.29) is 5.78 Å². The second-order valence-electron chi connectivity index (χ2n) is 3.40. The topological polar surface area (TPSA) is 42.1 Å². The molecule has 0 unspecified atom stereocenters. The molecule has 0 bridgehead atoms. The van der Waals surface area contributed by atoms with E-state index in [0.29, 0.717) is 12.2 Å². The number of aromatic amines is 1. The van der Waals surface area contributed by atoms with Crippen molar-refractivity contribution in [3.8, 4) is 5.75 Å². The first-order valence-electron chi connectivity index (χ1n) is 4.97. The number of hydrogen-bond donors (Lipinski definition) is 1. The molecule has 0 aliphatic carbocycles. The standard InChI is InChI=1S/C12H13NO2/c1-3-15-9-4-5-12-10(6-9)11(7-13-12)8(2)14/h4-7,13H,3H2,1-2H3. The third-order valence-corrected chi connectivity index (χ3v) is 2.34. The van der Waals surface area contributed by atoms with Crippen molar-refractivity contribution in [2.24, 2.45) is 0 Å². The summed E-state index contributed by atoms with van der Waals surface area (Å²) in [6.07, 6.45) is 1.74. The SMILES string of the molecule is CCOc1ccc2[nH]cc(C(C)=O)c2c1. The van der Waals surface area contributed by atoms with Gasteiger partial charge in [0, 0.05) is 22.7 Å². The van der Waals surface area contributed by atoms with Gasteiger partial charge < -0.3 is 9.72 Å². The van der Waals surface area contributed by atoms with Crippen LogP contribution in [0.5, 0.6) is 5.75 Å². The number of carbonyl (C=O) groups excluding carboxylic acids is 1. The molecule has 3 heteroatoms. The number of benzene rings is 1. The van der Waals surface area contributed by atoms with Crippen LogP contribution >= 0.6 is 0 Å². The molecule has 0 radical (unpaired) electrons. The first-order chi connectivity index (χ1) is 7.22. The molecule has 2 aromatic rings. The predicted molar refractivity (Wildman–Crippen MR) is 59.5 cm³/mol. The van der Waals surface area contributed by atoms with Crippen molar-refractivity contribution in [3.63, 3.8) is 0 Å². The molecule has 2 rings (SSSR count). The maximum absolute atomic E-state index is 11.3. The number of fused-ring (bicyclic) bond motifs is 1. The highest BCUT2D eigenvalue weighted by Gasteiger charge is 2.08. The van der Waals surface area contributed by atoms with Gasteiger partial charge in [-0.2, -0.15) is 0 Å². The number of rotatable bonds is 3. The van der Waals surface area contributed by atoms with Crippen LogP contribution in [0.25, 0.3) is 10.9 Å². The summed E-state index contributed by atoms with van der Waals surface area (Å²) in [6.45, 7) is 4.13. The Labute approximate surface area is 88.1 Å². The van der Waals surface area contributed by atoms with E-state index in [1.807, 2.05) is 25.1 Å². The summed E-state index contributed by atoms with van der Waals surface area (Å²) in [6, 6.07) is 5.71. The van der Waals surface area contributed by atoms with Crippen molar-refractivity contribution in [2.45, 2.75) is 13.8 Å². The Morgan fingerprint density at radius 3 is 2.93 bits per heavy atom. The molecule has 0 saturated heterocycles. The Bertz CT molecular complexity index is 499. The summed E-state index contributed by atoms with van der Waals surface area (Å²) in [4.78, 5) is 14.4. The molecule has 3 nitrogen and oxygen atoms in total. The molecule has 1 aromatic heterocycles. The molecule has 1 heterocycles. The average molecular weight is 203 g/mol. The highest BCUT2D eigenvalue weighted by molar-refractivity contribution is 6.06. The Balaban J connectivity index is 2.56. The first kappa shape index (κ1) is 9.77. The fourth-order valence-electron chi connectivity index (χ4n) is 1.65. The van der Waals surface area contributed by atoms with E-state index < -0.39 is 0 Å². The number of ketones is 1. The molecule has 0 fully saturated rings. The van der Waals surface area contributed by atoms with E-state index >= 15 is 0 Å².